The zero-order valence-corrected chi connectivity index (χ0v) is 11.9. The first-order chi connectivity index (χ1) is 6.98. The van der Waals surface area contributed by atoms with Crippen LogP contribution in [0, 0.1) is 5.41 Å². The van der Waals surface area contributed by atoms with Gasteiger partial charge in [0.25, 0.3) is 0 Å². The molecule has 0 fully saturated rings. The SMILES string of the molecule is CO[SiH](OC)C(C)(CC(F)(F)F)C(C)(C)C. The summed E-state index contributed by atoms with van der Waals surface area (Å²) in [6, 6.07) is 0. The minimum absolute atomic E-state index is 0.522. The number of halogens is 3. The second kappa shape index (κ2) is 5.06. The molecule has 0 spiro atoms. The average molecular weight is 258 g/mol. The van der Waals surface area contributed by atoms with Crippen molar-refractivity contribution in [1.82, 2.24) is 0 Å². The predicted octanol–water partition coefficient (Wildman–Crippen LogP) is 3.26. The highest BCUT2D eigenvalue weighted by atomic mass is 28.3. The highest BCUT2D eigenvalue weighted by Gasteiger charge is 2.53. The zero-order valence-electron chi connectivity index (χ0n) is 10.7. The van der Waals surface area contributed by atoms with Crippen LogP contribution in [0.25, 0.3) is 0 Å². The van der Waals surface area contributed by atoms with Crippen LogP contribution in [0.5, 0.6) is 0 Å². The van der Waals surface area contributed by atoms with Gasteiger partial charge in [0, 0.05) is 19.3 Å². The van der Waals surface area contributed by atoms with E-state index in [0.717, 1.165) is 0 Å². The first-order valence-corrected chi connectivity index (χ1v) is 6.62. The van der Waals surface area contributed by atoms with Crippen LogP contribution in [0.4, 0.5) is 13.2 Å². The highest BCUT2D eigenvalue weighted by molar-refractivity contribution is 6.48. The van der Waals surface area contributed by atoms with Crippen molar-refractivity contribution in [3.05, 3.63) is 0 Å². The lowest BCUT2D eigenvalue weighted by molar-refractivity contribution is -0.150. The zero-order chi connectivity index (χ0) is 13.2. The molecule has 6 heteroatoms. The summed E-state index contributed by atoms with van der Waals surface area (Å²) in [4.78, 5) is 0. The summed E-state index contributed by atoms with van der Waals surface area (Å²) in [7, 11) is 0.468. The van der Waals surface area contributed by atoms with E-state index in [2.05, 4.69) is 0 Å². The van der Waals surface area contributed by atoms with E-state index in [4.69, 9.17) is 8.85 Å². The quantitative estimate of drug-likeness (QED) is 0.721. The number of hydrogen-bond donors (Lipinski definition) is 0. The largest absolute Gasteiger partial charge is 0.400 e. The van der Waals surface area contributed by atoms with E-state index in [1.165, 1.54) is 14.2 Å². The van der Waals surface area contributed by atoms with Gasteiger partial charge in [0.05, 0.1) is 6.42 Å². The molecule has 0 aromatic heterocycles. The van der Waals surface area contributed by atoms with Gasteiger partial charge in [-0.25, -0.2) is 0 Å². The molecule has 16 heavy (non-hydrogen) atoms. The topological polar surface area (TPSA) is 18.5 Å². The molecule has 0 N–H and O–H groups in total. The Morgan fingerprint density at radius 3 is 1.50 bits per heavy atom. The van der Waals surface area contributed by atoms with E-state index >= 15 is 0 Å². The Morgan fingerprint density at radius 2 is 1.31 bits per heavy atom. The van der Waals surface area contributed by atoms with Crippen molar-refractivity contribution >= 4 is 9.28 Å². The first kappa shape index (κ1) is 15.9. The lowest BCUT2D eigenvalue weighted by atomic mass is 9.78. The van der Waals surface area contributed by atoms with Crippen molar-refractivity contribution in [2.45, 2.75) is 45.3 Å². The summed E-state index contributed by atoms with van der Waals surface area (Å²) >= 11 is 0. The van der Waals surface area contributed by atoms with Crippen molar-refractivity contribution in [3.8, 4) is 0 Å². The summed E-state index contributed by atoms with van der Waals surface area (Å²) in [6.07, 6.45) is -5.08. The monoisotopic (exact) mass is 258 g/mol. The van der Waals surface area contributed by atoms with Gasteiger partial charge in [-0.05, 0) is 5.41 Å². The van der Waals surface area contributed by atoms with Crippen molar-refractivity contribution in [3.63, 3.8) is 0 Å². The van der Waals surface area contributed by atoms with Gasteiger partial charge in [0.2, 0.25) is 0 Å². The molecule has 2 nitrogen and oxygen atoms in total. The van der Waals surface area contributed by atoms with Gasteiger partial charge in [0.15, 0.2) is 0 Å². The predicted molar refractivity (Wildman–Crippen MR) is 59.7 cm³/mol. The van der Waals surface area contributed by atoms with Crippen LogP contribution in [-0.2, 0) is 8.85 Å². The van der Waals surface area contributed by atoms with Crippen LogP contribution < -0.4 is 0 Å². The van der Waals surface area contributed by atoms with Gasteiger partial charge in [-0.2, -0.15) is 13.2 Å². The Morgan fingerprint density at radius 1 is 0.938 bits per heavy atom. The molecule has 0 aliphatic carbocycles. The van der Waals surface area contributed by atoms with Crippen LogP contribution in [0.2, 0.25) is 5.04 Å². The molecule has 0 heterocycles. The lowest BCUT2D eigenvalue weighted by Crippen LogP contribution is -2.45. The number of alkyl halides is 3. The normalized spacial score (nSPS) is 17.6. The van der Waals surface area contributed by atoms with Gasteiger partial charge in [-0.1, -0.05) is 27.7 Å². The second-order valence-corrected chi connectivity index (χ2v) is 8.14. The maximum Gasteiger partial charge on any atom is 0.389 e. The summed E-state index contributed by atoms with van der Waals surface area (Å²) in [5, 5.41) is -0.991. The maximum absolute atomic E-state index is 12.6. The third-order valence-corrected chi connectivity index (χ3v) is 6.20. The lowest BCUT2D eigenvalue weighted by Gasteiger charge is -2.44. The van der Waals surface area contributed by atoms with Gasteiger partial charge in [0.1, 0.15) is 0 Å². The molecule has 0 amide bonds. The van der Waals surface area contributed by atoms with E-state index in [9.17, 15) is 13.2 Å². The fourth-order valence-corrected chi connectivity index (χ4v) is 4.07. The standard InChI is InChI=1S/C10H21F3O2Si/c1-8(2,3)9(4,7-10(11,12)13)16(14-5)15-6/h16H,7H2,1-6H3. The van der Waals surface area contributed by atoms with E-state index in [0.29, 0.717) is 0 Å². The molecule has 0 aliphatic heterocycles. The molecule has 0 radical (unpaired) electrons. The second-order valence-electron chi connectivity index (χ2n) is 5.26. The van der Waals surface area contributed by atoms with Crippen LogP contribution in [0.1, 0.15) is 34.1 Å². The molecule has 98 valence electrons. The highest BCUT2D eigenvalue weighted by Crippen LogP contribution is 2.54. The smallest absolute Gasteiger partial charge is 0.389 e. The summed E-state index contributed by atoms with van der Waals surface area (Å²) < 4.78 is 48.2. The van der Waals surface area contributed by atoms with Gasteiger partial charge >= 0.3 is 15.5 Å². The molecule has 1 atom stereocenters. The maximum atomic E-state index is 12.6. The van der Waals surface area contributed by atoms with Gasteiger partial charge in [-0.15, -0.1) is 0 Å². The van der Waals surface area contributed by atoms with Crippen LogP contribution in [0.3, 0.4) is 0 Å². The van der Waals surface area contributed by atoms with Crippen molar-refractivity contribution in [2.75, 3.05) is 14.2 Å². The summed E-state index contributed by atoms with van der Waals surface area (Å²) in [5.41, 5.74) is -0.522. The Bertz CT molecular complexity index is 221. The molecule has 0 saturated carbocycles. The molecule has 0 aromatic carbocycles. The third-order valence-electron chi connectivity index (χ3n) is 3.23. The minimum atomic E-state index is -4.20. The molecule has 0 aliphatic rings. The molecule has 0 saturated heterocycles. The number of hydrogen-bond acceptors (Lipinski definition) is 2. The van der Waals surface area contributed by atoms with E-state index in [1.807, 2.05) is 0 Å². The molecule has 0 rings (SSSR count). The van der Waals surface area contributed by atoms with Crippen molar-refractivity contribution in [1.29, 1.82) is 0 Å². The molecule has 0 bridgehead atoms. The fraction of sp³-hybridized carbons (Fsp3) is 1.00. The summed E-state index contributed by atoms with van der Waals surface area (Å²) in [5.74, 6) is 0. The molecule has 0 aromatic rings. The van der Waals surface area contributed by atoms with Crippen LogP contribution >= 0.6 is 0 Å². The third kappa shape index (κ3) is 3.75. The van der Waals surface area contributed by atoms with Gasteiger partial charge in [-0.3, -0.25) is 0 Å². The van der Waals surface area contributed by atoms with Gasteiger partial charge < -0.3 is 8.85 Å². The molecular weight excluding hydrogens is 237 g/mol. The molecular formula is C10H21F3O2Si. The Kier molecular flexibility index (Phi) is 5.03. The van der Waals surface area contributed by atoms with E-state index < -0.39 is 32.3 Å². The molecule has 1 unspecified atom stereocenters. The van der Waals surface area contributed by atoms with Crippen LogP contribution in [0.15, 0.2) is 0 Å². The fourth-order valence-electron chi connectivity index (χ4n) is 1.73. The Labute approximate surface area is 97.0 Å². The van der Waals surface area contributed by atoms with Crippen molar-refractivity contribution in [2.24, 2.45) is 5.41 Å². The van der Waals surface area contributed by atoms with E-state index in [-0.39, 0.29) is 0 Å². The summed E-state index contributed by atoms with van der Waals surface area (Å²) in [6.45, 7) is 6.97. The van der Waals surface area contributed by atoms with E-state index in [1.54, 1.807) is 27.7 Å². The average Bonchev–Trinajstić information content (AvgIpc) is 2.00. The Balaban J connectivity index is 5.19. The minimum Gasteiger partial charge on any atom is -0.400 e. The first-order valence-electron chi connectivity index (χ1n) is 5.10. The van der Waals surface area contributed by atoms with Crippen molar-refractivity contribution < 1.29 is 22.0 Å². The number of rotatable bonds is 4. The van der Waals surface area contributed by atoms with Crippen LogP contribution in [-0.4, -0.2) is 29.7 Å². The Hall–Kier alpha value is -0.0731.